The number of nitrogens with zero attached hydrogens (tertiary/aromatic N) is 3. The summed E-state index contributed by atoms with van der Waals surface area (Å²) in [5.74, 6) is -0.0314. The molecule has 1 aromatic carbocycles. The van der Waals surface area contributed by atoms with E-state index in [0.29, 0.717) is 18.2 Å². The number of rotatable bonds is 4. The number of carbonyl (C=O) groups excluding carboxylic acids is 1. The van der Waals surface area contributed by atoms with E-state index in [-0.39, 0.29) is 16.8 Å². The molecule has 0 radical (unpaired) electrons. The molecular formula is C23H35N3O3S. The Morgan fingerprint density at radius 1 is 0.933 bits per heavy atom. The van der Waals surface area contributed by atoms with Crippen LogP contribution < -0.4 is 0 Å². The van der Waals surface area contributed by atoms with Crippen LogP contribution in [0.25, 0.3) is 0 Å². The molecule has 3 fully saturated rings. The minimum Gasteiger partial charge on any atom is -0.339 e. The number of benzene rings is 1. The van der Waals surface area contributed by atoms with E-state index in [1.165, 1.54) is 25.9 Å². The van der Waals surface area contributed by atoms with Gasteiger partial charge in [-0.15, -0.1) is 0 Å². The molecule has 0 aliphatic carbocycles. The van der Waals surface area contributed by atoms with Crippen LogP contribution in [0.1, 0.15) is 67.8 Å². The number of amides is 1. The van der Waals surface area contributed by atoms with Crippen molar-refractivity contribution in [3.63, 3.8) is 0 Å². The number of likely N-dealkylation sites (tertiary alicyclic amines) is 2. The Morgan fingerprint density at radius 2 is 1.60 bits per heavy atom. The first kappa shape index (κ1) is 21.8. The Bertz CT molecular complexity index is 872. The highest BCUT2D eigenvalue weighted by Crippen LogP contribution is 2.28. The molecule has 0 bridgehead atoms. The summed E-state index contributed by atoms with van der Waals surface area (Å²) >= 11 is 0. The lowest BCUT2D eigenvalue weighted by Gasteiger charge is -2.37. The molecule has 30 heavy (non-hydrogen) atoms. The van der Waals surface area contributed by atoms with Gasteiger partial charge >= 0.3 is 0 Å². The van der Waals surface area contributed by atoms with Gasteiger partial charge in [0.2, 0.25) is 10.0 Å². The molecule has 7 heteroatoms. The molecule has 0 saturated carbocycles. The van der Waals surface area contributed by atoms with E-state index >= 15 is 0 Å². The van der Waals surface area contributed by atoms with Crippen molar-refractivity contribution in [1.29, 1.82) is 0 Å². The van der Waals surface area contributed by atoms with Gasteiger partial charge in [-0.05, 0) is 83.2 Å². The fraction of sp³-hybridized carbons (Fsp3) is 0.696. The molecule has 0 spiro atoms. The zero-order valence-electron chi connectivity index (χ0n) is 18.3. The van der Waals surface area contributed by atoms with Crippen molar-refractivity contribution in [2.45, 2.75) is 75.8 Å². The average molecular weight is 434 g/mol. The summed E-state index contributed by atoms with van der Waals surface area (Å²) in [6.45, 7) is 8.30. The number of hydrogen-bond acceptors (Lipinski definition) is 4. The van der Waals surface area contributed by atoms with Gasteiger partial charge < -0.3 is 9.80 Å². The van der Waals surface area contributed by atoms with E-state index in [2.05, 4.69) is 4.90 Å². The largest absolute Gasteiger partial charge is 0.339 e. The molecule has 4 rings (SSSR count). The molecule has 6 nitrogen and oxygen atoms in total. The monoisotopic (exact) mass is 433 g/mol. The van der Waals surface area contributed by atoms with E-state index in [9.17, 15) is 13.2 Å². The highest BCUT2D eigenvalue weighted by atomic mass is 32.2. The minimum absolute atomic E-state index is 0.00817. The lowest BCUT2D eigenvalue weighted by atomic mass is 10.0. The number of hydrogen-bond donors (Lipinski definition) is 0. The van der Waals surface area contributed by atoms with E-state index in [1.54, 1.807) is 22.5 Å². The molecule has 0 N–H and O–H groups in total. The molecule has 1 atom stereocenters. The molecule has 3 aliphatic rings. The summed E-state index contributed by atoms with van der Waals surface area (Å²) in [5.41, 5.74) is 1.37. The summed E-state index contributed by atoms with van der Waals surface area (Å²) in [7, 11) is -3.58. The smallest absolute Gasteiger partial charge is 0.254 e. The Labute approximate surface area is 181 Å². The summed E-state index contributed by atoms with van der Waals surface area (Å²) in [6.07, 6.45) is 7.45. The summed E-state index contributed by atoms with van der Waals surface area (Å²) in [5, 5.41) is 0. The molecule has 1 amide bonds. The average Bonchev–Trinajstić information content (AvgIpc) is 3.29. The quantitative estimate of drug-likeness (QED) is 0.731. The van der Waals surface area contributed by atoms with Crippen molar-refractivity contribution in [3.05, 3.63) is 29.3 Å². The van der Waals surface area contributed by atoms with Gasteiger partial charge in [-0.25, -0.2) is 8.42 Å². The van der Waals surface area contributed by atoms with Crippen molar-refractivity contribution >= 4 is 15.9 Å². The second-order valence-electron chi connectivity index (χ2n) is 9.20. The Morgan fingerprint density at radius 3 is 2.27 bits per heavy atom. The topological polar surface area (TPSA) is 60.9 Å². The van der Waals surface area contributed by atoms with Crippen LogP contribution in [0.15, 0.2) is 23.1 Å². The standard InChI is InChI=1S/C23H35N3O3S/c1-18-8-9-21(30(28,29)26-14-4-3-7-19(26)2)17-22(18)23(27)25-15-10-20(11-16-25)24-12-5-6-13-24/h8-9,17,19-20H,3-7,10-16H2,1-2H3. The van der Waals surface area contributed by atoms with Crippen LogP contribution in [0.2, 0.25) is 0 Å². The van der Waals surface area contributed by atoms with Crippen molar-refractivity contribution in [1.82, 2.24) is 14.1 Å². The van der Waals surface area contributed by atoms with Crippen molar-refractivity contribution in [3.8, 4) is 0 Å². The molecule has 166 valence electrons. The normalized spacial score (nSPS) is 25.0. The minimum atomic E-state index is -3.58. The molecule has 0 aromatic heterocycles. The van der Waals surface area contributed by atoms with Crippen LogP contribution in [0.5, 0.6) is 0 Å². The number of aryl methyl sites for hydroxylation is 1. The van der Waals surface area contributed by atoms with Gasteiger partial charge in [0.1, 0.15) is 0 Å². The SMILES string of the molecule is Cc1ccc(S(=O)(=O)N2CCCCC2C)cc1C(=O)N1CCC(N2CCCC2)CC1. The maximum atomic E-state index is 13.3. The molecule has 1 unspecified atom stereocenters. The van der Waals surface area contributed by atoms with Crippen molar-refractivity contribution in [2.24, 2.45) is 0 Å². The van der Waals surface area contributed by atoms with E-state index in [0.717, 1.165) is 50.8 Å². The van der Waals surface area contributed by atoms with E-state index in [1.807, 2.05) is 18.7 Å². The van der Waals surface area contributed by atoms with Gasteiger partial charge in [0.15, 0.2) is 0 Å². The van der Waals surface area contributed by atoms with E-state index in [4.69, 9.17) is 0 Å². The van der Waals surface area contributed by atoms with Crippen LogP contribution in [0.4, 0.5) is 0 Å². The van der Waals surface area contributed by atoms with Gasteiger partial charge in [0.05, 0.1) is 4.90 Å². The van der Waals surface area contributed by atoms with Crippen LogP contribution in [0, 0.1) is 6.92 Å². The van der Waals surface area contributed by atoms with Crippen molar-refractivity contribution < 1.29 is 13.2 Å². The van der Waals surface area contributed by atoms with Gasteiger partial charge in [-0.2, -0.15) is 4.31 Å². The van der Waals surface area contributed by atoms with Crippen LogP contribution >= 0.6 is 0 Å². The first-order valence-corrected chi connectivity index (χ1v) is 13.0. The third kappa shape index (κ3) is 4.30. The fourth-order valence-corrected chi connectivity index (χ4v) is 6.99. The predicted molar refractivity (Wildman–Crippen MR) is 118 cm³/mol. The van der Waals surface area contributed by atoms with Gasteiger partial charge in [0, 0.05) is 37.3 Å². The summed E-state index contributed by atoms with van der Waals surface area (Å²) < 4.78 is 28.1. The van der Waals surface area contributed by atoms with Crippen LogP contribution in [-0.2, 0) is 10.0 Å². The van der Waals surface area contributed by atoms with Gasteiger partial charge in [0.25, 0.3) is 5.91 Å². The second kappa shape index (κ2) is 8.97. The highest BCUT2D eigenvalue weighted by Gasteiger charge is 2.33. The summed E-state index contributed by atoms with van der Waals surface area (Å²) in [4.78, 5) is 18.0. The summed E-state index contributed by atoms with van der Waals surface area (Å²) in [6, 6.07) is 5.65. The van der Waals surface area contributed by atoms with Crippen LogP contribution in [0.3, 0.4) is 0 Å². The lowest BCUT2D eigenvalue weighted by molar-refractivity contribution is 0.0643. The van der Waals surface area contributed by atoms with Crippen LogP contribution in [-0.4, -0.2) is 73.2 Å². The molecule has 3 aliphatic heterocycles. The lowest BCUT2D eigenvalue weighted by Crippen LogP contribution is -2.46. The fourth-order valence-electron chi connectivity index (χ4n) is 5.27. The van der Waals surface area contributed by atoms with Crippen molar-refractivity contribution in [2.75, 3.05) is 32.7 Å². The second-order valence-corrected chi connectivity index (χ2v) is 11.1. The molecule has 3 saturated heterocycles. The molecule has 1 aromatic rings. The van der Waals surface area contributed by atoms with Gasteiger partial charge in [-0.1, -0.05) is 12.5 Å². The molecular weight excluding hydrogens is 398 g/mol. The zero-order valence-corrected chi connectivity index (χ0v) is 19.2. The predicted octanol–water partition coefficient (Wildman–Crippen LogP) is 3.26. The third-order valence-electron chi connectivity index (χ3n) is 7.20. The van der Waals surface area contributed by atoms with E-state index < -0.39 is 10.0 Å². The van der Waals surface area contributed by atoms with Gasteiger partial charge in [-0.3, -0.25) is 4.79 Å². The Balaban J connectivity index is 1.50. The number of piperidine rings is 2. The third-order valence-corrected chi connectivity index (χ3v) is 9.21. The number of sulfonamides is 1. The first-order valence-electron chi connectivity index (χ1n) is 11.5. The Hall–Kier alpha value is -1.44. The highest BCUT2D eigenvalue weighted by molar-refractivity contribution is 7.89. The first-order chi connectivity index (χ1) is 14.4. The Kier molecular flexibility index (Phi) is 6.51. The zero-order chi connectivity index (χ0) is 21.3. The number of carbonyl (C=O) groups is 1. The maximum Gasteiger partial charge on any atom is 0.254 e. The maximum absolute atomic E-state index is 13.3. The molecule has 3 heterocycles.